The van der Waals surface area contributed by atoms with Gasteiger partial charge in [0.2, 0.25) is 0 Å². The van der Waals surface area contributed by atoms with Crippen LogP contribution in [0.2, 0.25) is 0 Å². The predicted octanol–water partition coefficient (Wildman–Crippen LogP) is 1.86. The summed E-state index contributed by atoms with van der Waals surface area (Å²) < 4.78 is 0.234. The Morgan fingerprint density at radius 1 is 1.33 bits per heavy atom. The minimum atomic E-state index is 0. The highest BCUT2D eigenvalue weighted by Gasteiger charge is 2.15. The average Bonchev–Trinajstić information content (AvgIpc) is 2.33. The topological polar surface area (TPSA) is 39.7 Å². The van der Waals surface area contributed by atoms with Crippen LogP contribution in [0.4, 0.5) is 0 Å². The van der Waals surface area contributed by atoms with Crippen LogP contribution in [0.1, 0.15) is 20.8 Å². The molecule has 0 heterocycles. The van der Waals surface area contributed by atoms with Crippen molar-refractivity contribution < 1.29 is 0 Å². The molecule has 0 aliphatic rings. The maximum atomic E-state index is 4.21. The number of nitrogens with one attached hydrogen (secondary N) is 2. The largest absolute Gasteiger partial charge is 0.355 e. The Labute approximate surface area is 134 Å². The first kappa shape index (κ1) is 20.6. The predicted molar refractivity (Wildman–Crippen MR) is 95.5 cm³/mol. The summed E-state index contributed by atoms with van der Waals surface area (Å²) in [6.07, 6.45) is 2.13. The molecule has 0 rings (SSSR count). The molecule has 18 heavy (non-hydrogen) atoms. The second kappa shape index (κ2) is 11.2. The molecule has 0 aromatic rings. The number of rotatable bonds is 7. The third kappa shape index (κ3) is 10.3. The van der Waals surface area contributed by atoms with Crippen molar-refractivity contribution in [3.63, 3.8) is 0 Å². The minimum Gasteiger partial charge on any atom is -0.355 e. The van der Waals surface area contributed by atoms with Gasteiger partial charge in [-0.2, -0.15) is 11.8 Å². The number of likely N-dealkylation sites (N-methyl/N-ethyl adjacent to an activating group) is 1. The molecule has 0 aromatic heterocycles. The fraction of sp³-hybridized carbons (Fsp3) is 0.917. The number of guanidine groups is 1. The first-order valence-electron chi connectivity index (χ1n) is 6.13. The van der Waals surface area contributed by atoms with Gasteiger partial charge in [0.15, 0.2) is 5.96 Å². The van der Waals surface area contributed by atoms with E-state index < -0.39 is 0 Å². The second-order valence-electron chi connectivity index (χ2n) is 4.71. The Hall–Kier alpha value is 0.310. The number of hydrogen-bond acceptors (Lipinski definition) is 3. The second-order valence-corrected chi connectivity index (χ2v) is 6.23. The van der Waals surface area contributed by atoms with E-state index in [-0.39, 0.29) is 28.7 Å². The number of nitrogens with zero attached hydrogens (tertiary/aromatic N) is 2. The number of aliphatic imine (C=N–C) groups is 1. The molecule has 0 aliphatic carbocycles. The molecule has 4 nitrogen and oxygen atoms in total. The fourth-order valence-corrected chi connectivity index (χ4v) is 1.33. The van der Waals surface area contributed by atoms with Crippen molar-refractivity contribution in [3.05, 3.63) is 0 Å². The molecule has 0 aliphatic heterocycles. The van der Waals surface area contributed by atoms with E-state index in [9.17, 15) is 0 Å². The number of halogens is 1. The Balaban J connectivity index is 0. The molecule has 0 saturated carbocycles. The normalized spacial score (nSPS) is 12.3. The zero-order chi connectivity index (χ0) is 13.3. The molecule has 0 radical (unpaired) electrons. The van der Waals surface area contributed by atoms with E-state index in [0.29, 0.717) is 0 Å². The van der Waals surface area contributed by atoms with Gasteiger partial charge >= 0.3 is 0 Å². The number of hydrogen-bond donors (Lipinski definition) is 2. The van der Waals surface area contributed by atoms with E-state index in [1.165, 1.54) is 0 Å². The van der Waals surface area contributed by atoms with Crippen LogP contribution >= 0.6 is 35.7 Å². The van der Waals surface area contributed by atoms with Gasteiger partial charge in [0.05, 0.1) is 0 Å². The van der Waals surface area contributed by atoms with E-state index in [2.05, 4.69) is 54.6 Å². The maximum absolute atomic E-state index is 4.21. The Morgan fingerprint density at radius 2 is 1.94 bits per heavy atom. The summed E-state index contributed by atoms with van der Waals surface area (Å²) in [5, 5.41) is 6.67. The van der Waals surface area contributed by atoms with Gasteiger partial charge in [-0.05, 0) is 33.7 Å². The van der Waals surface area contributed by atoms with Crippen molar-refractivity contribution in [2.24, 2.45) is 4.99 Å². The van der Waals surface area contributed by atoms with Crippen molar-refractivity contribution >= 4 is 41.7 Å². The first-order valence-corrected chi connectivity index (χ1v) is 7.36. The van der Waals surface area contributed by atoms with Crippen LogP contribution in [0.3, 0.4) is 0 Å². The molecule has 0 aromatic carbocycles. The highest BCUT2D eigenvalue weighted by Crippen LogP contribution is 2.19. The van der Waals surface area contributed by atoms with Crippen molar-refractivity contribution in [1.29, 1.82) is 0 Å². The molecule has 110 valence electrons. The van der Waals surface area contributed by atoms with Crippen LogP contribution in [-0.4, -0.2) is 62.1 Å². The monoisotopic (exact) mass is 388 g/mol. The van der Waals surface area contributed by atoms with Crippen LogP contribution < -0.4 is 10.6 Å². The maximum Gasteiger partial charge on any atom is 0.191 e. The van der Waals surface area contributed by atoms with Crippen LogP contribution in [-0.2, 0) is 0 Å². The van der Waals surface area contributed by atoms with Gasteiger partial charge in [-0.3, -0.25) is 4.99 Å². The summed E-state index contributed by atoms with van der Waals surface area (Å²) in [4.78, 5) is 6.48. The third-order valence-electron chi connectivity index (χ3n) is 2.78. The van der Waals surface area contributed by atoms with E-state index in [1.807, 2.05) is 18.8 Å². The van der Waals surface area contributed by atoms with Crippen LogP contribution in [0.15, 0.2) is 4.99 Å². The minimum absolute atomic E-state index is 0. The van der Waals surface area contributed by atoms with E-state index in [1.54, 1.807) is 0 Å². The van der Waals surface area contributed by atoms with Crippen molar-refractivity contribution in [3.8, 4) is 0 Å². The molecule has 0 atom stereocenters. The Morgan fingerprint density at radius 3 is 2.39 bits per heavy atom. The first-order chi connectivity index (χ1) is 7.95. The molecular weight excluding hydrogens is 359 g/mol. The quantitative estimate of drug-likeness (QED) is 0.397. The van der Waals surface area contributed by atoms with Gasteiger partial charge < -0.3 is 15.5 Å². The zero-order valence-corrected chi connectivity index (χ0v) is 15.7. The van der Waals surface area contributed by atoms with Gasteiger partial charge in [-0.25, -0.2) is 0 Å². The smallest absolute Gasteiger partial charge is 0.191 e. The summed E-state index contributed by atoms with van der Waals surface area (Å²) in [7, 11) is 3.93. The van der Waals surface area contributed by atoms with Crippen LogP contribution in [0.25, 0.3) is 0 Å². The Kier molecular flexibility index (Phi) is 12.8. The fourth-order valence-electron chi connectivity index (χ4n) is 1.11. The SMILES string of the molecule is CCN(C)CCNC(=NC)NCC(C)(C)SC.I. The highest BCUT2D eigenvalue weighted by atomic mass is 127. The summed E-state index contributed by atoms with van der Waals surface area (Å²) in [6, 6.07) is 0. The standard InChI is InChI=1S/C12H28N4S.HI/c1-7-16(5)9-8-14-11(13-4)15-10-12(2,3)17-6;/h7-10H2,1-6H3,(H2,13,14,15);1H. The summed E-state index contributed by atoms with van der Waals surface area (Å²) >= 11 is 1.86. The van der Waals surface area contributed by atoms with Crippen molar-refractivity contribution in [1.82, 2.24) is 15.5 Å². The molecule has 0 fully saturated rings. The van der Waals surface area contributed by atoms with Crippen molar-refractivity contribution in [2.75, 3.05) is 46.5 Å². The van der Waals surface area contributed by atoms with Gasteiger partial charge in [-0.15, -0.1) is 24.0 Å². The summed E-state index contributed by atoms with van der Waals surface area (Å²) in [5.41, 5.74) is 0. The van der Waals surface area contributed by atoms with Crippen molar-refractivity contribution in [2.45, 2.75) is 25.5 Å². The highest BCUT2D eigenvalue weighted by molar-refractivity contribution is 14.0. The lowest BCUT2D eigenvalue weighted by atomic mass is 10.2. The molecular formula is C12H29IN4S. The molecule has 0 spiro atoms. The van der Waals surface area contributed by atoms with Gasteiger partial charge in [0, 0.05) is 31.4 Å². The zero-order valence-electron chi connectivity index (χ0n) is 12.5. The van der Waals surface area contributed by atoms with E-state index in [0.717, 1.165) is 32.1 Å². The molecule has 0 saturated heterocycles. The lowest BCUT2D eigenvalue weighted by molar-refractivity contribution is 0.357. The lowest BCUT2D eigenvalue weighted by Crippen LogP contribution is -2.45. The van der Waals surface area contributed by atoms with E-state index >= 15 is 0 Å². The van der Waals surface area contributed by atoms with Crippen LogP contribution in [0.5, 0.6) is 0 Å². The molecule has 0 amide bonds. The van der Waals surface area contributed by atoms with Gasteiger partial charge in [-0.1, -0.05) is 6.92 Å². The lowest BCUT2D eigenvalue weighted by Gasteiger charge is -2.24. The molecule has 6 heteroatoms. The summed E-state index contributed by atoms with van der Waals surface area (Å²) in [6.45, 7) is 10.6. The van der Waals surface area contributed by atoms with Gasteiger partial charge in [0.25, 0.3) is 0 Å². The van der Waals surface area contributed by atoms with E-state index in [4.69, 9.17) is 0 Å². The molecule has 0 unspecified atom stereocenters. The summed E-state index contributed by atoms with van der Waals surface area (Å²) in [5.74, 6) is 0.886. The average molecular weight is 388 g/mol. The number of thioether (sulfide) groups is 1. The molecule has 0 bridgehead atoms. The Bertz CT molecular complexity index is 234. The van der Waals surface area contributed by atoms with Gasteiger partial charge in [0.1, 0.15) is 0 Å². The third-order valence-corrected chi connectivity index (χ3v) is 4.03. The molecule has 2 N–H and O–H groups in total. The van der Waals surface area contributed by atoms with Crippen LogP contribution in [0, 0.1) is 0 Å².